The van der Waals surface area contributed by atoms with Gasteiger partial charge in [-0.05, 0) is 24.6 Å². The van der Waals surface area contributed by atoms with E-state index in [2.05, 4.69) is 10.3 Å². The van der Waals surface area contributed by atoms with Crippen LogP contribution in [0.15, 0.2) is 42.5 Å². The van der Waals surface area contributed by atoms with Crippen LogP contribution in [0.5, 0.6) is 0 Å². The lowest BCUT2D eigenvalue weighted by Crippen LogP contribution is -2.15. The first-order valence-corrected chi connectivity index (χ1v) is 5.61. The highest BCUT2D eigenvalue weighted by atomic mass is 19.1. The predicted octanol–water partition coefficient (Wildman–Crippen LogP) is 2.71. The number of halogens is 1. The Bertz CT molecular complexity index is 520. The highest BCUT2D eigenvalue weighted by molar-refractivity contribution is 5.91. The molecule has 3 nitrogen and oxygen atoms in total. The van der Waals surface area contributed by atoms with Gasteiger partial charge in [0.1, 0.15) is 5.82 Å². The molecule has 1 aromatic carbocycles. The molecule has 2 aromatic rings. The second kappa shape index (κ2) is 5.40. The third-order valence-corrected chi connectivity index (χ3v) is 2.43. The van der Waals surface area contributed by atoms with Gasteiger partial charge in [-0.25, -0.2) is 4.98 Å². The lowest BCUT2D eigenvalue weighted by Gasteiger charge is -2.05. The third-order valence-electron chi connectivity index (χ3n) is 2.43. The summed E-state index contributed by atoms with van der Waals surface area (Å²) in [6.07, 6.45) is 0.250. The van der Waals surface area contributed by atoms with E-state index in [4.69, 9.17) is 0 Å². The Balaban J connectivity index is 2.01. The van der Waals surface area contributed by atoms with Crippen LogP contribution in [0.3, 0.4) is 0 Å². The molecular weight excluding hydrogens is 231 g/mol. The largest absolute Gasteiger partial charge is 0.310 e. The van der Waals surface area contributed by atoms with Gasteiger partial charge in [0, 0.05) is 0 Å². The summed E-state index contributed by atoms with van der Waals surface area (Å²) in [5.41, 5.74) is 2.02. The lowest BCUT2D eigenvalue weighted by molar-refractivity contribution is -0.115. The molecule has 0 aliphatic rings. The van der Waals surface area contributed by atoms with Crippen molar-refractivity contribution in [3.63, 3.8) is 0 Å². The van der Waals surface area contributed by atoms with E-state index in [0.717, 1.165) is 11.1 Å². The van der Waals surface area contributed by atoms with E-state index >= 15 is 0 Å². The number of aryl methyl sites for hydroxylation is 1. The van der Waals surface area contributed by atoms with Gasteiger partial charge in [0.05, 0.1) is 6.42 Å². The van der Waals surface area contributed by atoms with Crippen molar-refractivity contribution in [1.29, 1.82) is 0 Å². The van der Waals surface area contributed by atoms with Gasteiger partial charge in [-0.2, -0.15) is 4.39 Å². The van der Waals surface area contributed by atoms with Crippen LogP contribution in [0.4, 0.5) is 10.2 Å². The Hall–Kier alpha value is -2.23. The van der Waals surface area contributed by atoms with Crippen LogP contribution in [-0.2, 0) is 11.2 Å². The summed E-state index contributed by atoms with van der Waals surface area (Å²) in [4.78, 5) is 15.3. The summed E-state index contributed by atoms with van der Waals surface area (Å²) in [6, 6.07) is 12.0. The van der Waals surface area contributed by atoms with Crippen molar-refractivity contribution in [2.24, 2.45) is 0 Å². The number of nitrogens with zero attached hydrogens (tertiary/aromatic N) is 1. The SMILES string of the molecule is Cc1cccc(CC(=O)Nc2cccc(F)n2)c1. The van der Waals surface area contributed by atoms with Crippen LogP contribution in [-0.4, -0.2) is 10.9 Å². The molecule has 0 fully saturated rings. The molecule has 18 heavy (non-hydrogen) atoms. The zero-order valence-corrected chi connectivity index (χ0v) is 9.98. The van der Waals surface area contributed by atoms with Crippen LogP contribution >= 0.6 is 0 Å². The maximum absolute atomic E-state index is 12.8. The van der Waals surface area contributed by atoms with Crippen molar-refractivity contribution in [3.05, 3.63) is 59.5 Å². The van der Waals surface area contributed by atoms with Crippen molar-refractivity contribution >= 4 is 11.7 Å². The fourth-order valence-corrected chi connectivity index (χ4v) is 1.67. The highest BCUT2D eigenvalue weighted by Crippen LogP contribution is 2.07. The zero-order valence-electron chi connectivity index (χ0n) is 9.98. The third kappa shape index (κ3) is 3.38. The molecule has 0 unspecified atom stereocenters. The minimum absolute atomic E-state index is 0.210. The fourth-order valence-electron chi connectivity index (χ4n) is 1.67. The first-order valence-electron chi connectivity index (χ1n) is 5.61. The van der Waals surface area contributed by atoms with Crippen LogP contribution in [0, 0.1) is 12.9 Å². The average Bonchev–Trinajstić information content (AvgIpc) is 2.28. The number of aromatic nitrogens is 1. The van der Waals surface area contributed by atoms with E-state index in [1.165, 1.54) is 12.1 Å². The van der Waals surface area contributed by atoms with Crippen molar-refractivity contribution in [1.82, 2.24) is 4.98 Å². The summed E-state index contributed by atoms with van der Waals surface area (Å²) >= 11 is 0. The second-order valence-electron chi connectivity index (χ2n) is 4.06. The Labute approximate surface area is 105 Å². The molecular formula is C14H13FN2O. The molecule has 1 aromatic heterocycles. The molecule has 0 saturated carbocycles. The van der Waals surface area contributed by atoms with Crippen LogP contribution in [0.1, 0.15) is 11.1 Å². The Morgan fingerprint density at radius 2 is 2.06 bits per heavy atom. The van der Waals surface area contributed by atoms with E-state index in [-0.39, 0.29) is 18.1 Å². The molecule has 0 aliphatic heterocycles. The zero-order chi connectivity index (χ0) is 13.0. The minimum Gasteiger partial charge on any atom is -0.310 e. The smallest absolute Gasteiger partial charge is 0.229 e. The van der Waals surface area contributed by atoms with E-state index in [1.807, 2.05) is 31.2 Å². The number of nitrogens with one attached hydrogen (secondary N) is 1. The van der Waals surface area contributed by atoms with Gasteiger partial charge < -0.3 is 5.32 Å². The quantitative estimate of drug-likeness (QED) is 0.843. The monoisotopic (exact) mass is 244 g/mol. The molecule has 0 atom stereocenters. The molecule has 0 saturated heterocycles. The predicted molar refractivity (Wildman–Crippen MR) is 67.7 cm³/mol. The summed E-state index contributed by atoms with van der Waals surface area (Å²) in [5.74, 6) is -0.588. The van der Waals surface area contributed by atoms with E-state index in [1.54, 1.807) is 6.07 Å². The van der Waals surface area contributed by atoms with Gasteiger partial charge in [-0.15, -0.1) is 0 Å². The highest BCUT2D eigenvalue weighted by Gasteiger charge is 2.05. The number of carbonyl (C=O) groups is 1. The topological polar surface area (TPSA) is 42.0 Å². The van der Waals surface area contributed by atoms with Crippen molar-refractivity contribution < 1.29 is 9.18 Å². The molecule has 92 valence electrons. The van der Waals surface area contributed by atoms with E-state index in [0.29, 0.717) is 0 Å². The van der Waals surface area contributed by atoms with E-state index < -0.39 is 5.95 Å². The molecule has 2 rings (SSSR count). The van der Waals surface area contributed by atoms with Gasteiger partial charge >= 0.3 is 0 Å². The maximum Gasteiger partial charge on any atom is 0.229 e. The standard InChI is InChI=1S/C14H13FN2O/c1-10-4-2-5-11(8-10)9-14(18)17-13-7-3-6-12(15)16-13/h2-8H,9H2,1H3,(H,16,17,18). The summed E-state index contributed by atoms with van der Waals surface area (Å²) in [5, 5.41) is 2.56. The molecule has 1 heterocycles. The number of hydrogen-bond donors (Lipinski definition) is 1. The second-order valence-corrected chi connectivity index (χ2v) is 4.06. The first-order chi connectivity index (χ1) is 8.63. The lowest BCUT2D eigenvalue weighted by atomic mass is 10.1. The van der Waals surface area contributed by atoms with Crippen molar-refractivity contribution in [2.45, 2.75) is 13.3 Å². The number of amides is 1. The van der Waals surface area contributed by atoms with Gasteiger partial charge in [0.15, 0.2) is 0 Å². The summed E-state index contributed by atoms with van der Waals surface area (Å²) in [6.45, 7) is 1.97. The van der Waals surface area contributed by atoms with E-state index in [9.17, 15) is 9.18 Å². The van der Waals surface area contributed by atoms with Gasteiger partial charge in [-0.1, -0.05) is 35.9 Å². The molecule has 0 bridgehead atoms. The molecule has 1 amide bonds. The summed E-state index contributed by atoms with van der Waals surface area (Å²) < 4.78 is 12.8. The average molecular weight is 244 g/mol. The summed E-state index contributed by atoms with van der Waals surface area (Å²) in [7, 11) is 0. The first kappa shape index (κ1) is 12.2. The van der Waals surface area contributed by atoms with Crippen LogP contribution < -0.4 is 5.32 Å². The molecule has 4 heteroatoms. The molecule has 0 spiro atoms. The Morgan fingerprint density at radius 1 is 1.28 bits per heavy atom. The number of hydrogen-bond acceptors (Lipinski definition) is 2. The Kier molecular flexibility index (Phi) is 3.67. The number of carbonyl (C=O) groups excluding carboxylic acids is 1. The number of rotatable bonds is 3. The molecule has 0 aliphatic carbocycles. The minimum atomic E-state index is -0.608. The van der Waals surface area contributed by atoms with Crippen LogP contribution in [0.2, 0.25) is 0 Å². The van der Waals surface area contributed by atoms with Crippen LogP contribution in [0.25, 0.3) is 0 Å². The Morgan fingerprint density at radius 3 is 2.78 bits per heavy atom. The fraction of sp³-hybridized carbons (Fsp3) is 0.143. The van der Waals surface area contributed by atoms with Crippen molar-refractivity contribution in [3.8, 4) is 0 Å². The number of pyridine rings is 1. The van der Waals surface area contributed by atoms with Crippen molar-refractivity contribution in [2.75, 3.05) is 5.32 Å². The maximum atomic E-state index is 12.8. The molecule has 0 radical (unpaired) electrons. The van der Waals surface area contributed by atoms with Gasteiger partial charge in [-0.3, -0.25) is 4.79 Å². The van der Waals surface area contributed by atoms with Gasteiger partial charge in [0.25, 0.3) is 0 Å². The number of benzene rings is 1. The van der Waals surface area contributed by atoms with Gasteiger partial charge in [0.2, 0.25) is 11.9 Å². The normalized spacial score (nSPS) is 10.1. The molecule has 1 N–H and O–H groups in total. The number of anilines is 1.